The van der Waals surface area contributed by atoms with E-state index in [1.54, 1.807) is 14.2 Å². The van der Waals surface area contributed by atoms with Crippen molar-refractivity contribution in [3.05, 3.63) is 23.8 Å². The summed E-state index contributed by atoms with van der Waals surface area (Å²) < 4.78 is 10.5. The molecule has 4 heteroatoms. The number of hydrogen-bond acceptors (Lipinski definition) is 4. The Hall–Kier alpha value is -1.26. The fourth-order valence-electron chi connectivity index (χ4n) is 2.25. The van der Waals surface area contributed by atoms with Crippen LogP contribution in [0, 0.1) is 5.92 Å². The molecule has 0 aliphatic carbocycles. The summed E-state index contributed by atoms with van der Waals surface area (Å²) in [6.45, 7) is 4.58. The molecule has 1 aromatic carbocycles. The molecule has 0 saturated carbocycles. The number of aliphatic hydroxyl groups excluding tert-OH is 1. The zero-order chi connectivity index (χ0) is 14.4. The predicted octanol–water partition coefficient (Wildman–Crippen LogP) is 2.15. The highest BCUT2D eigenvalue weighted by molar-refractivity contribution is 5.44. The maximum Gasteiger partial charge on any atom is 0.160 e. The monoisotopic (exact) mass is 267 g/mol. The Morgan fingerprint density at radius 2 is 1.79 bits per heavy atom. The fourth-order valence-corrected chi connectivity index (χ4v) is 2.25. The molecule has 108 valence electrons. The second-order valence-electron chi connectivity index (χ2n) is 5.15. The first-order valence-electron chi connectivity index (χ1n) is 6.63. The normalized spacial score (nSPS) is 14.3. The lowest BCUT2D eigenvalue weighted by Gasteiger charge is -2.24. The summed E-state index contributed by atoms with van der Waals surface area (Å²) in [6.07, 6.45) is 0.291. The van der Waals surface area contributed by atoms with Crippen molar-refractivity contribution in [1.29, 1.82) is 0 Å². The predicted molar refractivity (Wildman–Crippen MR) is 76.8 cm³/mol. The van der Waals surface area contributed by atoms with Crippen LogP contribution in [-0.4, -0.2) is 32.0 Å². The topological polar surface area (TPSA) is 64.7 Å². The zero-order valence-electron chi connectivity index (χ0n) is 12.2. The van der Waals surface area contributed by atoms with Crippen molar-refractivity contribution in [3.63, 3.8) is 0 Å². The van der Waals surface area contributed by atoms with E-state index < -0.39 is 6.10 Å². The van der Waals surface area contributed by atoms with Gasteiger partial charge >= 0.3 is 0 Å². The van der Waals surface area contributed by atoms with Crippen LogP contribution in [0.5, 0.6) is 11.5 Å². The number of benzene rings is 1. The summed E-state index contributed by atoms with van der Waals surface area (Å²) in [5.41, 5.74) is 6.79. The molecule has 19 heavy (non-hydrogen) atoms. The highest BCUT2D eigenvalue weighted by Gasteiger charge is 2.22. The van der Waals surface area contributed by atoms with Gasteiger partial charge in [0.05, 0.1) is 20.3 Å². The van der Waals surface area contributed by atoms with Crippen molar-refractivity contribution >= 4 is 0 Å². The molecular formula is C15H25NO3. The molecular weight excluding hydrogens is 242 g/mol. The summed E-state index contributed by atoms with van der Waals surface area (Å²) in [5, 5.41) is 10.3. The van der Waals surface area contributed by atoms with Gasteiger partial charge in [-0.05, 0) is 30.0 Å². The van der Waals surface area contributed by atoms with E-state index in [-0.39, 0.29) is 5.92 Å². The first-order chi connectivity index (χ1) is 9.03. The van der Waals surface area contributed by atoms with Crippen LogP contribution >= 0.6 is 0 Å². The van der Waals surface area contributed by atoms with Gasteiger partial charge in [0.2, 0.25) is 0 Å². The van der Waals surface area contributed by atoms with Crippen LogP contribution in [0.15, 0.2) is 18.2 Å². The van der Waals surface area contributed by atoms with Gasteiger partial charge in [-0.2, -0.15) is 0 Å². The van der Waals surface area contributed by atoms with E-state index in [1.165, 1.54) is 0 Å². The molecule has 0 aliphatic heterocycles. The molecule has 0 radical (unpaired) electrons. The van der Waals surface area contributed by atoms with Crippen LogP contribution in [0.1, 0.15) is 31.7 Å². The Morgan fingerprint density at radius 1 is 1.16 bits per heavy atom. The number of aliphatic hydroxyl groups is 1. The molecule has 4 nitrogen and oxygen atoms in total. The van der Waals surface area contributed by atoms with Crippen LogP contribution in [0.2, 0.25) is 0 Å². The summed E-state index contributed by atoms with van der Waals surface area (Å²) >= 11 is 0. The quantitative estimate of drug-likeness (QED) is 0.794. The highest BCUT2D eigenvalue weighted by atomic mass is 16.5. The Morgan fingerprint density at radius 3 is 2.26 bits per heavy atom. The number of ether oxygens (including phenoxy) is 2. The van der Waals surface area contributed by atoms with E-state index in [2.05, 4.69) is 13.8 Å². The van der Waals surface area contributed by atoms with Gasteiger partial charge in [0.1, 0.15) is 0 Å². The first kappa shape index (κ1) is 15.8. The maximum atomic E-state index is 10.3. The molecule has 0 bridgehead atoms. The van der Waals surface area contributed by atoms with Crippen molar-refractivity contribution in [2.24, 2.45) is 11.7 Å². The highest BCUT2D eigenvalue weighted by Crippen LogP contribution is 2.32. The third kappa shape index (κ3) is 4.11. The standard InChI is InChI=1S/C15H25NO3/c1-10(2)7-13(17)12(9-16)11-5-6-14(18-3)15(8-11)19-4/h5-6,8,10,12-13,17H,7,9,16H2,1-4H3. The van der Waals surface area contributed by atoms with Gasteiger partial charge in [-0.15, -0.1) is 0 Å². The van der Waals surface area contributed by atoms with Crippen LogP contribution < -0.4 is 15.2 Å². The maximum absolute atomic E-state index is 10.3. The van der Waals surface area contributed by atoms with E-state index in [4.69, 9.17) is 15.2 Å². The van der Waals surface area contributed by atoms with E-state index in [0.29, 0.717) is 24.0 Å². The lowest BCUT2D eigenvalue weighted by Crippen LogP contribution is -2.27. The smallest absolute Gasteiger partial charge is 0.160 e. The second-order valence-corrected chi connectivity index (χ2v) is 5.15. The van der Waals surface area contributed by atoms with Gasteiger partial charge < -0.3 is 20.3 Å². The number of rotatable bonds is 7. The van der Waals surface area contributed by atoms with Gasteiger partial charge in [-0.1, -0.05) is 19.9 Å². The molecule has 0 spiro atoms. The van der Waals surface area contributed by atoms with Crippen molar-refractivity contribution in [1.82, 2.24) is 0 Å². The third-order valence-corrected chi connectivity index (χ3v) is 3.27. The van der Waals surface area contributed by atoms with Gasteiger partial charge in [0.15, 0.2) is 11.5 Å². The summed E-state index contributed by atoms with van der Waals surface area (Å²) in [5.74, 6) is 1.70. The van der Waals surface area contributed by atoms with E-state index in [1.807, 2.05) is 18.2 Å². The van der Waals surface area contributed by atoms with Crippen LogP contribution in [0.25, 0.3) is 0 Å². The van der Waals surface area contributed by atoms with Crippen molar-refractivity contribution < 1.29 is 14.6 Å². The largest absolute Gasteiger partial charge is 0.493 e. The second kappa shape index (κ2) is 7.36. The lowest BCUT2D eigenvalue weighted by atomic mass is 9.88. The number of nitrogens with two attached hydrogens (primary N) is 1. The average molecular weight is 267 g/mol. The SMILES string of the molecule is COc1ccc(C(CN)C(O)CC(C)C)cc1OC. The van der Waals surface area contributed by atoms with Crippen LogP contribution in [0.3, 0.4) is 0 Å². The minimum Gasteiger partial charge on any atom is -0.493 e. The molecule has 0 amide bonds. The van der Waals surface area contributed by atoms with Crippen molar-refractivity contribution in [2.45, 2.75) is 32.3 Å². The molecule has 1 rings (SSSR count). The Labute approximate surface area is 115 Å². The van der Waals surface area contributed by atoms with Crippen LogP contribution in [0.4, 0.5) is 0 Å². The molecule has 1 aromatic rings. The van der Waals surface area contributed by atoms with Gasteiger partial charge in [-0.3, -0.25) is 0 Å². The third-order valence-electron chi connectivity index (χ3n) is 3.27. The molecule has 3 N–H and O–H groups in total. The molecule has 2 unspecified atom stereocenters. The summed E-state index contributed by atoms with van der Waals surface area (Å²) in [6, 6.07) is 5.67. The lowest BCUT2D eigenvalue weighted by molar-refractivity contribution is 0.121. The first-order valence-corrected chi connectivity index (χ1v) is 6.63. The van der Waals surface area contributed by atoms with Crippen molar-refractivity contribution in [2.75, 3.05) is 20.8 Å². The molecule has 0 aliphatic rings. The average Bonchev–Trinajstić information content (AvgIpc) is 2.38. The van der Waals surface area contributed by atoms with E-state index in [0.717, 1.165) is 12.0 Å². The molecule has 2 atom stereocenters. The van der Waals surface area contributed by atoms with Crippen molar-refractivity contribution in [3.8, 4) is 11.5 Å². The Kier molecular flexibility index (Phi) is 6.12. The van der Waals surface area contributed by atoms with Crippen LogP contribution in [-0.2, 0) is 0 Å². The fraction of sp³-hybridized carbons (Fsp3) is 0.600. The zero-order valence-corrected chi connectivity index (χ0v) is 12.2. The minimum absolute atomic E-state index is 0.0813. The number of hydrogen-bond donors (Lipinski definition) is 2. The summed E-state index contributed by atoms with van der Waals surface area (Å²) in [7, 11) is 3.20. The van der Waals surface area contributed by atoms with E-state index in [9.17, 15) is 5.11 Å². The Balaban J connectivity index is 2.98. The Bertz CT molecular complexity index is 393. The molecule has 0 saturated heterocycles. The molecule has 0 aromatic heterocycles. The summed E-state index contributed by atoms with van der Waals surface area (Å²) in [4.78, 5) is 0. The van der Waals surface area contributed by atoms with Gasteiger partial charge in [0, 0.05) is 12.5 Å². The molecule has 0 fully saturated rings. The van der Waals surface area contributed by atoms with Gasteiger partial charge in [0.25, 0.3) is 0 Å². The van der Waals surface area contributed by atoms with Gasteiger partial charge in [-0.25, -0.2) is 0 Å². The minimum atomic E-state index is -0.442. The van der Waals surface area contributed by atoms with E-state index >= 15 is 0 Å². The number of methoxy groups -OCH3 is 2. The molecule has 0 heterocycles.